The largest absolute Gasteiger partial charge is 0.431 e. The maximum Gasteiger partial charge on any atom is 0.315 e. The van der Waals surface area contributed by atoms with E-state index >= 15 is 0 Å². The van der Waals surface area contributed by atoms with Crippen LogP contribution < -0.4 is 10.6 Å². The van der Waals surface area contributed by atoms with E-state index in [0.717, 1.165) is 56.0 Å². The predicted octanol–water partition coefficient (Wildman–Crippen LogP) is 9.57. The summed E-state index contributed by atoms with van der Waals surface area (Å²) in [6.07, 6.45) is -1.04. The Hall–Kier alpha value is -5.19. The Balaban J connectivity index is 1.12. The number of thioether (sulfide) groups is 1. The second kappa shape index (κ2) is 17.1. The number of rotatable bonds is 12. The van der Waals surface area contributed by atoms with Crippen molar-refractivity contribution in [2.75, 3.05) is 12.3 Å². The van der Waals surface area contributed by atoms with Crippen molar-refractivity contribution in [3.63, 3.8) is 0 Å². The van der Waals surface area contributed by atoms with Crippen LogP contribution >= 0.6 is 11.8 Å². The van der Waals surface area contributed by atoms with Crippen LogP contribution in [-0.2, 0) is 22.6 Å². The van der Waals surface area contributed by atoms with Crippen LogP contribution in [-0.4, -0.2) is 34.5 Å². The number of aliphatic hydroxyl groups excluding tert-OH is 1. The summed E-state index contributed by atoms with van der Waals surface area (Å²) in [4.78, 5) is 16.9. The lowest BCUT2D eigenvalue weighted by Gasteiger charge is -2.41. The molecule has 9 heteroatoms. The molecule has 0 bridgehead atoms. The Kier molecular flexibility index (Phi) is 11.7. The third-order valence-electron chi connectivity index (χ3n) is 9.42. The van der Waals surface area contributed by atoms with Gasteiger partial charge in [-0.3, -0.25) is 0 Å². The minimum Gasteiger partial charge on any atom is -0.431 e. The zero-order valence-corrected chi connectivity index (χ0v) is 30.6. The predicted molar refractivity (Wildman–Crippen MR) is 209 cm³/mol. The smallest absolute Gasteiger partial charge is 0.315 e. The summed E-state index contributed by atoms with van der Waals surface area (Å²) in [7, 11) is 0. The molecule has 0 radical (unpaired) electrons. The number of oxazole rings is 1. The van der Waals surface area contributed by atoms with Crippen LogP contribution in [0.15, 0.2) is 143 Å². The molecule has 1 aromatic heterocycles. The fraction of sp³-hybridized carbons (Fsp3) is 0.227. The minimum absolute atomic E-state index is 0.00547. The van der Waals surface area contributed by atoms with E-state index in [2.05, 4.69) is 54.0 Å². The number of amides is 2. The normalized spacial score (nSPS) is 18.4. The molecule has 6 aromatic rings. The van der Waals surface area contributed by atoms with Crippen molar-refractivity contribution in [3.05, 3.63) is 156 Å². The van der Waals surface area contributed by atoms with Crippen LogP contribution in [0.1, 0.15) is 48.5 Å². The molecular weight excluding hydrogens is 683 g/mol. The fourth-order valence-corrected chi connectivity index (χ4v) is 7.49. The van der Waals surface area contributed by atoms with Gasteiger partial charge in [-0.15, -0.1) is 0 Å². The Labute approximate surface area is 314 Å². The quantitative estimate of drug-likeness (QED) is 0.108. The van der Waals surface area contributed by atoms with E-state index in [-0.39, 0.29) is 30.8 Å². The average Bonchev–Trinajstić information content (AvgIpc) is 3.65. The van der Waals surface area contributed by atoms with Crippen molar-refractivity contribution in [2.45, 2.75) is 50.7 Å². The molecule has 270 valence electrons. The highest BCUT2D eigenvalue weighted by molar-refractivity contribution is 7.99. The summed E-state index contributed by atoms with van der Waals surface area (Å²) >= 11 is 1.54. The van der Waals surface area contributed by atoms with E-state index in [4.69, 9.17) is 18.9 Å². The first-order valence-corrected chi connectivity index (χ1v) is 18.9. The summed E-state index contributed by atoms with van der Waals surface area (Å²) in [6.45, 7) is 5.05. The standard InChI is InChI=1S/C44H43N3O5S/c1-3-45-43(49)46-26-31-11-10-16-37(25-31)32-21-23-36(24-22-32)42-50-38(29(2)40(51-42)35-19-17-30(27-48)18-20-35)28-53-44-47-39(33-12-6-4-7-13-33)41(52-44)34-14-8-5-9-15-34/h4-25,29,38,40,42,48H,3,26-28H2,1-2H3,(H2,45,46,49). The number of nitrogens with zero attached hydrogens (tertiary/aromatic N) is 1. The molecule has 1 aliphatic rings. The van der Waals surface area contributed by atoms with Crippen molar-refractivity contribution in [2.24, 2.45) is 5.92 Å². The third kappa shape index (κ3) is 8.72. The molecule has 2 amide bonds. The van der Waals surface area contributed by atoms with Crippen molar-refractivity contribution in [1.82, 2.24) is 15.6 Å². The van der Waals surface area contributed by atoms with Gasteiger partial charge < -0.3 is 29.6 Å². The number of urea groups is 1. The number of aromatic nitrogens is 1. The molecule has 4 atom stereocenters. The highest BCUT2D eigenvalue weighted by atomic mass is 32.2. The van der Waals surface area contributed by atoms with Gasteiger partial charge >= 0.3 is 6.03 Å². The zero-order chi connectivity index (χ0) is 36.6. The Morgan fingerprint density at radius 1 is 0.736 bits per heavy atom. The van der Waals surface area contributed by atoms with Gasteiger partial charge in [0.25, 0.3) is 5.22 Å². The number of carbonyl (C=O) groups excluding carboxylic acids is 1. The summed E-state index contributed by atoms with van der Waals surface area (Å²) in [5, 5.41) is 15.9. The highest BCUT2D eigenvalue weighted by Crippen LogP contribution is 2.44. The number of ether oxygens (including phenoxy) is 2. The second-order valence-corrected chi connectivity index (χ2v) is 14.0. The van der Waals surface area contributed by atoms with Crippen LogP contribution in [0.2, 0.25) is 0 Å². The lowest BCUT2D eigenvalue weighted by molar-refractivity contribution is -0.268. The number of benzene rings is 5. The number of carbonyl (C=O) groups is 1. The first-order chi connectivity index (χ1) is 26.0. The molecule has 5 aromatic carbocycles. The average molecular weight is 726 g/mol. The van der Waals surface area contributed by atoms with Crippen LogP contribution in [0, 0.1) is 5.92 Å². The molecule has 53 heavy (non-hydrogen) atoms. The minimum atomic E-state index is -0.606. The fourth-order valence-electron chi connectivity index (χ4n) is 6.50. The van der Waals surface area contributed by atoms with Crippen molar-refractivity contribution in [1.29, 1.82) is 0 Å². The summed E-state index contributed by atoms with van der Waals surface area (Å²) in [5.41, 5.74) is 8.68. The Morgan fingerprint density at radius 2 is 1.42 bits per heavy atom. The lowest BCUT2D eigenvalue weighted by Crippen LogP contribution is -2.38. The van der Waals surface area contributed by atoms with Crippen LogP contribution in [0.3, 0.4) is 0 Å². The van der Waals surface area contributed by atoms with Crippen molar-refractivity contribution in [3.8, 4) is 33.7 Å². The molecule has 0 spiro atoms. The van der Waals surface area contributed by atoms with E-state index < -0.39 is 6.29 Å². The van der Waals surface area contributed by atoms with Gasteiger partial charge in [0, 0.05) is 41.5 Å². The number of hydrogen-bond acceptors (Lipinski definition) is 7. The molecule has 2 heterocycles. The lowest BCUT2D eigenvalue weighted by atomic mass is 9.91. The summed E-state index contributed by atoms with van der Waals surface area (Å²) in [6, 6.07) is 44.4. The van der Waals surface area contributed by atoms with Gasteiger partial charge in [0.05, 0.1) is 18.8 Å². The molecule has 3 N–H and O–H groups in total. The maximum atomic E-state index is 11.9. The molecular formula is C44H43N3O5S. The number of aliphatic hydroxyl groups is 1. The van der Waals surface area contributed by atoms with Gasteiger partial charge in [0.15, 0.2) is 12.1 Å². The Bertz CT molecular complexity index is 2030. The van der Waals surface area contributed by atoms with E-state index in [1.165, 1.54) is 0 Å². The molecule has 1 fully saturated rings. The van der Waals surface area contributed by atoms with Crippen molar-refractivity contribution < 1.29 is 23.8 Å². The molecule has 1 aliphatic heterocycles. The van der Waals surface area contributed by atoms with E-state index in [1.54, 1.807) is 11.8 Å². The molecule has 8 nitrogen and oxygen atoms in total. The van der Waals surface area contributed by atoms with Crippen molar-refractivity contribution >= 4 is 17.8 Å². The number of nitrogens with one attached hydrogen (secondary N) is 2. The SMILES string of the molecule is CCNC(=O)NCc1cccc(-c2ccc(C3OC(CSc4nc(-c5ccccc5)c(-c5ccccc5)o4)C(C)C(c4ccc(CO)cc4)O3)cc2)c1. The monoisotopic (exact) mass is 725 g/mol. The number of hydrogen-bond donors (Lipinski definition) is 3. The zero-order valence-electron chi connectivity index (χ0n) is 29.8. The topological polar surface area (TPSA) is 106 Å². The van der Waals surface area contributed by atoms with Gasteiger partial charge in [-0.1, -0.05) is 146 Å². The molecule has 0 aliphatic carbocycles. The van der Waals surface area contributed by atoms with Gasteiger partial charge in [-0.25, -0.2) is 9.78 Å². The second-order valence-electron chi connectivity index (χ2n) is 13.1. The van der Waals surface area contributed by atoms with Gasteiger partial charge in [0.2, 0.25) is 0 Å². The first-order valence-electron chi connectivity index (χ1n) is 17.9. The van der Waals surface area contributed by atoms with Crippen LogP contribution in [0.5, 0.6) is 0 Å². The molecule has 7 rings (SSSR count). The van der Waals surface area contributed by atoms with Gasteiger partial charge in [-0.05, 0) is 40.8 Å². The molecule has 4 unspecified atom stereocenters. The van der Waals surface area contributed by atoms with Crippen LogP contribution in [0.4, 0.5) is 4.79 Å². The Morgan fingerprint density at radius 3 is 2.11 bits per heavy atom. The van der Waals surface area contributed by atoms with E-state index in [0.29, 0.717) is 24.1 Å². The van der Waals surface area contributed by atoms with Gasteiger partial charge in [0.1, 0.15) is 5.69 Å². The molecule has 1 saturated heterocycles. The summed E-state index contributed by atoms with van der Waals surface area (Å²) < 4.78 is 19.9. The maximum absolute atomic E-state index is 11.9. The molecule has 0 saturated carbocycles. The third-order valence-corrected chi connectivity index (χ3v) is 10.3. The van der Waals surface area contributed by atoms with Crippen LogP contribution in [0.25, 0.3) is 33.7 Å². The van der Waals surface area contributed by atoms with Gasteiger partial charge in [-0.2, -0.15) is 0 Å². The first kappa shape index (κ1) is 36.2. The van der Waals surface area contributed by atoms with E-state index in [9.17, 15) is 9.90 Å². The highest BCUT2D eigenvalue weighted by Gasteiger charge is 2.38. The van der Waals surface area contributed by atoms with E-state index in [1.807, 2.05) is 104 Å². The summed E-state index contributed by atoms with van der Waals surface area (Å²) in [5.74, 6) is 1.35.